The van der Waals surface area contributed by atoms with Crippen molar-refractivity contribution in [2.45, 2.75) is 52.1 Å². The van der Waals surface area contributed by atoms with Gasteiger partial charge < -0.3 is 9.84 Å². The molecule has 1 fully saturated rings. The first-order chi connectivity index (χ1) is 14.4. The SMILES string of the molecule is Cc1cc(C2CCN(S(=O)(=O)CC(=O)O)CC2)ccc1-c1cccc(OC(C)(C)C)c1. The zero-order valence-corrected chi connectivity index (χ0v) is 19.4. The lowest BCUT2D eigenvalue weighted by Gasteiger charge is -2.31. The second-order valence-corrected chi connectivity index (χ2v) is 11.1. The number of carbonyl (C=O) groups is 1. The summed E-state index contributed by atoms with van der Waals surface area (Å²) >= 11 is 0. The number of hydrogen-bond acceptors (Lipinski definition) is 4. The zero-order valence-electron chi connectivity index (χ0n) is 18.6. The summed E-state index contributed by atoms with van der Waals surface area (Å²) < 4.78 is 31.6. The van der Waals surface area contributed by atoms with Crippen LogP contribution in [0.2, 0.25) is 0 Å². The minimum atomic E-state index is -3.73. The molecule has 7 heteroatoms. The molecule has 0 amide bonds. The summed E-state index contributed by atoms with van der Waals surface area (Å²) in [5, 5.41) is 8.82. The largest absolute Gasteiger partial charge is 0.488 e. The molecule has 0 atom stereocenters. The summed E-state index contributed by atoms with van der Waals surface area (Å²) in [6, 6.07) is 14.5. The maximum Gasteiger partial charge on any atom is 0.320 e. The highest BCUT2D eigenvalue weighted by Gasteiger charge is 2.30. The lowest BCUT2D eigenvalue weighted by atomic mass is 9.87. The van der Waals surface area contributed by atoms with E-state index in [1.807, 2.05) is 32.9 Å². The number of carboxylic acids is 1. The number of carboxylic acid groups (broad SMARTS) is 1. The van der Waals surface area contributed by atoms with Crippen molar-refractivity contribution in [2.75, 3.05) is 18.8 Å². The van der Waals surface area contributed by atoms with Crippen LogP contribution in [0.4, 0.5) is 0 Å². The third kappa shape index (κ3) is 6.08. The topological polar surface area (TPSA) is 83.9 Å². The van der Waals surface area contributed by atoms with Crippen molar-refractivity contribution in [2.24, 2.45) is 0 Å². The van der Waals surface area contributed by atoms with E-state index in [9.17, 15) is 13.2 Å². The van der Waals surface area contributed by atoms with E-state index in [0.717, 1.165) is 22.4 Å². The second-order valence-electron chi connectivity index (χ2n) is 9.14. The van der Waals surface area contributed by atoms with Gasteiger partial charge >= 0.3 is 5.97 Å². The molecule has 1 heterocycles. The molecule has 0 unspecified atom stereocenters. The number of benzene rings is 2. The first kappa shape index (κ1) is 23.3. The van der Waals surface area contributed by atoms with Gasteiger partial charge in [-0.15, -0.1) is 0 Å². The Labute approximate surface area is 184 Å². The van der Waals surface area contributed by atoms with Crippen LogP contribution in [0.1, 0.15) is 50.7 Å². The van der Waals surface area contributed by atoms with E-state index in [1.54, 1.807) is 0 Å². The number of ether oxygens (including phenoxy) is 1. The van der Waals surface area contributed by atoms with Gasteiger partial charge in [0.25, 0.3) is 0 Å². The van der Waals surface area contributed by atoms with Gasteiger partial charge in [0, 0.05) is 13.1 Å². The minimum Gasteiger partial charge on any atom is -0.488 e. The van der Waals surface area contributed by atoms with Gasteiger partial charge in [0.15, 0.2) is 5.75 Å². The fraction of sp³-hybridized carbons (Fsp3) is 0.458. The first-order valence-electron chi connectivity index (χ1n) is 10.5. The van der Waals surface area contributed by atoms with Gasteiger partial charge in [-0.2, -0.15) is 0 Å². The molecular formula is C24H31NO5S. The average Bonchev–Trinajstić information content (AvgIpc) is 2.66. The van der Waals surface area contributed by atoms with Crippen molar-refractivity contribution in [3.63, 3.8) is 0 Å². The maximum atomic E-state index is 12.1. The summed E-state index contributed by atoms with van der Waals surface area (Å²) in [5.41, 5.74) is 4.33. The normalized spacial score (nSPS) is 16.3. The summed E-state index contributed by atoms with van der Waals surface area (Å²) in [6.45, 7) is 8.87. The van der Waals surface area contributed by atoms with Crippen LogP contribution in [0.5, 0.6) is 5.75 Å². The van der Waals surface area contributed by atoms with Gasteiger partial charge in [0.1, 0.15) is 11.4 Å². The highest BCUT2D eigenvalue weighted by atomic mass is 32.2. The van der Waals surface area contributed by atoms with E-state index < -0.39 is 21.7 Å². The van der Waals surface area contributed by atoms with Crippen molar-refractivity contribution in [3.05, 3.63) is 53.6 Å². The average molecular weight is 446 g/mol. The molecule has 0 radical (unpaired) electrons. The molecule has 168 valence electrons. The van der Waals surface area contributed by atoms with E-state index in [-0.39, 0.29) is 11.5 Å². The van der Waals surface area contributed by atoms with E-state index in [0.29, 0.717) is 25.9 Å². The molecule has 1 N–H and O–H groups in total. The van der Waals surface area contributed by atoms with Crippen molar-refractivity contribution < 1.29 is 23.1 Å². The Morgan fingerprint density at radius 2 is 1.81 bits per heavy atom. The van der Waals surface area contributed by atoms with Crippen LogP contribution < -0.4 is 4.74 Å². The molecule has 31 heavy (non-hydrogen) atoms. The molecule has 0 saturated carbocycles. The second kappa shape index (κ2) is 9.01. The van der Waals surface area contributed by atoms with Gasteiger partial charge in [0.05, 0.1) is 0 Å². The summed E-state index contributed by atoms with van der Waals surface area (Å²) in [7, 11) is -3.73. The predicted octanol–water partition coefficient (Wildman–Crippen LogP) is 4.43. The Bertz CT molecular complexity index is 1050. The molecule has 0 aromatic heterocycles. The minimum absolute atomic E-state index is 0.260. The quantitative estimate of drug-likeness (QED) is 0.711. The van der Waals surface area contributed by atoms with E-state index in [2.05, 4.69) is 37.3 Å². The Hall–Kier alpha value is -2.38. The number of aryl methyl sites for hydroxylation is 1. The maximum absolute atomic E-state index is 12.1. The van der Waals surface area contributed by atoms with Crippen molar-refractivity contribution >= 4 is 16.0 Å². The lowest BCUT2D eigenvalue weighted by Crippen LogP contribution is -2.40. The highest BCUT2D eigenvalue weighted by Crippen LogP contribution is 2.34. The molecule has 0 aliphatic carbocycles. The third-order valence-electron chi connectivity index (χ3n) is 5.44. The summed E-state index contributed by atoms with van der Waals surface area (Å²) in [6.07, 6.45) is 1.37. The number of aliphatic carboxylic acids is 1. The molecule has 1 aliphatic heterocycles. The molecule has 2 aromatic rings. The smallest absolute Gasteiger partial charge is 0.320 e. The molecule has 1 saturated heterocycles. The number of rotatable bonds is 6. The van der Waals surface area contributed by atoms with Crippen LogP contribution in [0.3, 0.4) is 0 Å². The van der Waals surface area contributed by atoms with Crippen LogP contribution >= 0.6 is 0 Å². The molecular weight excluding hydrogens is 414 g/mol. The number of hydrogen-bond donors (Lipinski definition) is 1. The zero-order chi connectivity index (χ0) is 22.8. The fourth-order valence-electron chi connectivity index (χ4n) is 4.06. The van der Waals surface area contributed by atoms with Crippen LogP contribution in [-0.4, -0.2) is 48.2 Å². The van der Waals surface area contributed by atoms with Crippen molar-refractivity contribution in [3.8, 4) is 16.9 Å². The van der Waals surface area contributed by atoms with Gasteiger partial charge in [-0.25, -0.2) is 12.7 Å². The summed E-state index contributed by atoms with van der Waals surface area (Å²) in [4.78, 5) is 10.8. The van der Waals surface area contributed by atoms with E-state index in [4.69, 9.17) is 9.84 Å². The number of sulfonamides is 1. The molecule has 6 nitrogen and oxygen atoms in total. The molecule has 0 bridgehead atoms. The van der Waals surface area contributed by atoms with Gasteiger partial charge in [0.2, 0.25) is 10.0 Å². The molecule has 3 rings (SSSR count). The van der Waals surface area contributed by atoms with Gasteiger partial charge in [-0.1, -0.05) is 30.3 Å². The Morgan fingerprint density at radius 1 is 1.13 bits per heavy atom. The van der Waals surface area contributed by atoms with Crippen molar-refractivity contribution in [1.29, 1.82) is 0 Å². The third-order valence-corrected chi connectivity index (χ3v) is 7.21. The Kier molecular flexibility index (Phi) is 6.76. The van der Waals surface area contributed by atoms with Crippen LogP contribution in [0, 0.1) is 6.92 Å². The van der Waals surface area contributed by atoms with E-state index in [1.165, 1.54) is 9.87 Å². The van der Waals surface area contributed by atoms with Gasteiger partial charge in [-0.05, 0) is 80.8 Å². The lowest BCUT2D eigenvalue weighted by molar-refractivity contribution is -0.134. The van der Waals surface area contributed by atoms with Crippen LogP contribution in [0.25, 0.3) is 11.1 Å². The Morgan fingerprint density at radius 3 is 2.39 bits per heavy atom. The van der Waals surface area contributed by atoms with Crippen LogP contribution in [0.15, 0.2) is 42.5 Å². The first-order valence-corrected chi connectivity index (χ1v) is 12.2. The van der Waals surface area contributed by atoms with E-state index >= 15 is 0 Å². The van der Waals surface area contributed by atoms with Crippen LogP contribution in [-0.2, 0) is 14.8 Å². The summed E-state index contributed by atoms with van der Waals surface area (Å²) in [5.74, 6) is -1.06. The predicted molar refractivity (Wildman–Crippen MR) is 122 cm³/mol. The molecule has 2 aromatic carbocycles. The molecule has 1 aliphatic rings. The standard InChI is InChI=1S/C24H31NO5S/c1-17-14-19(18-10-12-25(13-11-18)31(28,29)16-23(26)27)8-9-22(17)20-6-5-7-21(15-20)30-24(2,3)4/h5-9,14-15,18H,10-13,16H2,1-4H3,(H,26,27). The monoisotopic (exact) mass is 445 g/mol. The van der Waals surface area contributed by atoms with Gasteiger partial charge in [-0.3, -0.25) is 4.79 Å². The number of piperidine rings is 1. The highest BCUT2D eigenvalue weighted by molar-refractivity contribution is 7.89. The fourth-order valence-corrected chi connectivity index (χ4v) is 5.32. The molecule has 0 spiro atoms. The number of nitrogens with zero attached hydrogens (tertiary/aromatic N) is 1. The van der Waals surface area contributed by atoms with Crippen molar-refractivity contribution in [1.82, 2.24) is 4.31 Å². The Balaban J connectivity index is 1.72.